The minimum atomic E-state index is -0.656. The Morgan fingerprint density at radius 2 is 2.30 bits per heavy atom. The Labute approximate surface area is 59.3 Å². The number of hydrogen-bond acceptors (Lipinski definition) is 4. The molecular formula is C6H8N2O2. The molecule has 0 aromatic heterocycles. The molecule has 4 heteroatoms. The van der Waals surface area contributed by atoms with Gasteiger partial charge in [-0.3, -0.25) is 0 Å². The highest BCUT2D eigenvalue weighted by Gasteiger charge is 1.92. The molecule has 0 saturated heterocycles. The van der Waals surface area contributed by atoms with Gasteiger partial charge in [-0.15, -0.1) is 5.26 Å². The zero-order valence-electron chi connectivity index (χ0n) is 5.87. The van der Waals surface area contributed by atoms with E-state index in [2.05, 4.69) is 4.74 Å². The third-order valence-corrected chi connectivity index (χ3v) is 0.655. The molecule has 0 N–H and O–H groups in total. The summed E-state index contributed by atoms with van der Waals surface area (Å²) in [5.41, 5.74) is 0. The van der Waals surface area contributed by atoms with Gasteiger partial charge in [-0.1, -0.05) is 0 Å². The Balaban J connectivity index is 3.69. The lowest BCUT2D eigenvalue weighted by atomic mass is 10.6. The van der Waals surface area contributed by atoms with Crippen LogP contribution in [0.15, 0.2) is 12.3 Å². The van der Waals surface area contributed by atoms with Gasteiger partial charge in [0.25, 0.3) is 6.26 Å². The maximum absolute atomic E-state index is 10.4. The molecule has 0 aliphatic heterocycles. The Morgan fingerprint density at radius 3 is 2.70 bits per heavy atom. The first-order valence-electron chi connectivity index (χ1n) is 2.61. The number of nitrogens with zero attached hydrogens (tertiary/aromatic N) is 2. The van der Waals surface area contributed by atoms with Crippen LogP contribution < -0.4 is 0 Å². The Kier molecular flexibility index (Phi) is 3.73. The normalized spacial score (nSPS) is 8.90. The van der Waals surface area contributed by atoms with Crippen LogP contribution in [0.1, 0.15) is 0 Å². The second-order valence-electron chi connectivity index (χ2n) is 1.79. The summed E-state index contributed by atoms with van der Waals surface area (Å²) in [6, 6.07) is 0. The lowest BCUT2D eigenvalue weighted by Crippen LogP contribution is -2.03. The molecule has 0 aliphatic rings. The van der Waals surface area contributed by atoms with Crippen molar-refractivity contribution in [3.63, 3.8) is 0 Å². The van der Waals surface area contributed by atoms with Crippen LogP contribution in [0.3, 0.4) is 0 Å². The molecular weight excluding hydrogens is 132 g/mol. The van der Waals surface area contributed by atoms with E-state index in [0.717, 1.165) is 0 Å². The summed E-state index contributed by atoms with van der Waals surface area (Å²) in [4.78, 5) is 12.1. The number of nitriles is 1. The van der Waals surface area contributed by atoms with E-state index < -0.39 is 5.97 Å². The zero-order valence-corrected chi connectivity index (χ0v) is 5.87. The summed E-state index contributed by atoms with van der Waals surface area (Å²) in [5, 5.41) is 7.86. The van der Waals surface area contributed by atoms with Crippen molar-refractivity contribution in [3.05, 3.63) is 12.3 Å². The maximum atomic E-state index is 10.4. The zero-order chi connectivity index (χ0) is 7.98. The lowest BCUT2D eigenvalue weighted by molar-refractivity contribution is -0.131. The molecule has 0 amide bonds. The van der Waals surface area contributed by atoms with Crippen molar-refractivity contribution in [2.75, 3.05) is 14.1 Å². The predicted molar refractivity (Wildman–Crippen MR) is 34.5 cm³/mol. The van der Waals surface area contributed by atoms with Gasteiger partial charge in [-0.25, -0.2) is 4.79 Å². The third-order valence-electron chi connectivity index (χ3n) is 0.655. The molecule has 0 fully saturated rings. The van der Waals surface area contributed by atoms with Crippen molar-refractivity contribution in [2.45, 2.75) is 0 Å². The van der Waals surface area contributed by atoms with Gasteiger partial charge in [-0.2, -0.15) is 0 Å². The average Bonchev–Trinajstić information content (AvgIpc) is 1.85. The van der Waals surface area contributed by atoms with Crippen LogP contribution in [0.4, 0.5) is 0 Å². The third kappa shape index (κ3) is 4.65. The molecule has 0 aliphatic carbocycles. The first kappa shape index (κ1) is 8.50. The van der Waals surface area contributed by atoms with Crippen LogP contribution >= 0.6 is 0 Å². The van der Waals surface area contributed by atoms with Crippen LogP contribution in [0.2, 0.25) is 0 Å². The molecule has 0 rings (SSSR count). The summed E-state index contributed by atoms with van der Waals surface area (Å²) in [6.45, 7) is 0. The van der Waals surface area contributed by atoms with Crippen LogP contribution in [-0.2, 0) is 9.53 Å². The second-order valence-corrected chi connectivity index (χ2v) is 1.79. The molecule has 10 heavy (non-hydrogen) atoms. The monoisotopic (exact) mass is 140 g/mol. The van der Waals surface area contributed by atoms with Crippen LogP contribution in [0.5, 0.6) is 0 Å². The van der Waals surface area contributed by atoms with Crippen molar-refractivity contribution in [1.29, 1.82) is 5.26 Å². The molecule has 0 atom stereocenters. The SMILES string of the molecule is CN(C)C=CC(=O)OC#N. The van der Waals surface area contributed by atoms with Crippen molar-refractivity contribution in [3.8, 4) is 6.26 Å². The molecule has 0 spiro atoms. The lowest BCUT2D eigenvalue weighted by Gasteiger charge is -2.00. The first-order chi connectivity index (χ1) is 4.66. The predicted octanol–water partition coefficient (Wildman–Crippen LogP) is 0.0860. The number of esters is 1. The van der Waals surface area contributed by atoms with Crippen LogP contribution in [-0.4, -0.2) is 25.0 Å². The van der Waals surface area contributed by atoms with E-state index in [1.54, 1.807) is 19.0 Å². The number of hydrogen-bond donors (Lipinski definition) is 0. The average molecular weight is 140 g/mol. The van der Waals surface area contributed by atoms with Crippen LogP contribution in [0.25, 0.3) is 0 Å². The Morgan fingerprint density at radius 1 is 1.70 bits per heavy atom. The molecule has 0 bridgehead atoms. The summed E-state index contributed by atoms with van der Waals surface area (Å²) in [7, 11) is 3.52. The Hall–Kier alpha value is -1.50. The molecule has 54 valence electrons. The molecule has 4 nitrogen and oxygen atoms in total. The number of carbonyl (C=O) groups is 1. The van der Waals surface area contributed by atoms with E-state index in [9.17, 15) is 4.79 Å². The first-order valence-corrected chi connectivity index (χ1v) is 2.61. The van der Waals surface area contributed by atoms with Crippen molar-refractivity contribution >= 4 is 5.97 Å². The van der Waals surface area contributed by atoms with E-state index in [1.807, 2.05) is 0 Å². The highest BCUT2D eigenvalue weighted by Crippen LogP contribution is 1.81. The Bertz CT molecular complexity index is 179. The number of rotatable bonds is 2. The fourth-order valence-electron chi connectivity index (χ4n) is 0.289. The van der Waals surface area contributed by atoms with Gasteiger partial charge in [0.15, 0.2) is 0 Å². The summed E-state index contributed by atoms with van der Waals surface area (Å²) in [6.07, 6.45) is 3.94. The molecule has 0 saturated carbocycles. The maximum Gasteiger partial charge on any atom is 0.347 e. The highest BCUT2D eigenvalue weighted by molar-refractivity contribution is 5.82. The van der Waals surface area contributed by atoms with Gasteiger partial charge in [0.2, 0.25) is 0 Å². The molecule has 0 unspecified atom stereocenters. The summed E-state index contributed by atoms with van der Waals surface area (Å²) >= 11 is 0. The number of ether oxygens (including phenoxy) is 1. The smallest absolute Gasteiger partial charge is 0.347 e. The van der Waals surface area contributed by atoms with Crippen LogP contribution in [0, 0.1) is 11.5 Å². The highest BCUT2D eigenvalue weighted by atomic mass is 16.5. The molecule has 0 radical (unpaired) electrons. The van der Waals surface area contributed by atoms with E-state index in [0.29, 0.717) is 0 Å². The van der Waals surface area contributed by atoms with E-state index >= 15 is 0 Å². The van der Waals surface area contributed by atoms with Gasteiger partial charge in [-0.05, 0) is 0 Å². The van der Waals surface area contributed by atoms with Gasteiger partial charge in [0.1, 0.15) is 0 Å². The largest absolute Gasteiger partial charge is 0.383 e. The molecule has 0 aromatic rings. The summed E-state index contributed by atoms with van der Waals surface area (Å²) < 4.78 is 3.95. The standard InChI is InChI=1S/C6H8N2O2/c1-8(2)4-3-6(9)10-5-7/h3-4H,1-2H3. The van der Waals surface area contributed by atoms with Gasteiger partial charge < -0.3 is 9.64 Å². The van der Waals surface area contributed by atoms with Gasteiger partial charge in [0.05, 0.1) is 0 Å². The van der Waals surface area contributed by atoms with Crippen molar-refractivity contribution < 1.29 is 9.53 Å². The van der Waals surface area contributed by atoms with E-state index in [1.165, 1.54) is 18.5 Å². The molecule has 0 aromatic carbocycles. The van der Waals surface area contributed by atoms with Gasteiger partial charge in [0, 0.05) is 26.4 Å². The van der Waals surface area contributed by atoms with E-state index in [-0.39, 0.29) is 0 Å². The summed E-state index contributed by atoms with van der Waals surface area (Å²) in [5.74, 6) is -0.656. The fourth-order valence-corrected chi connectivity index (χ4v) is 0.289. The fraction of sp³-hybridized carbons (Fsp3) is 0.333. The van der Waals surface area contributed by atoms with Gasteiger partial charge >= 0.3 is 5.97 Å². The topological polar surface area (TPSA) is 53.3 Å². The quantitative estimate of drug-likeness (QED) is 0.310. The van der Waals surface area contributed by atoms with Crippen molar-refractivity contribution in [1.82, 2.24) is 4.90 Å². The minimum Gasteiger partial charge on any atom is -0.383 e. The number of carbonyl (C=O) groups excluding carboxylic acids is 1. The van der Waals surface area contributed by atoms with E-state index in [4.69, 9.17) is 5.26 Å². The minimum absolute atomic E-state index is 0.656. The second kappa shape index (κ2) is 4.39. The molecule has 0 heterocycles. The van der Waals surface area contributed by atoms with Crippen molar-refractivity contribution in [2.24, 2.45) is 0 Å².